The van der Waals surface area contributed by atoms with E-state index in [0.717, 1.165) is 5.56 Å². The Balaban J connectivity index is 2.10. The van der Waals surface area contributed by atoms with Gasteiger partial charge in [0.25, 0.3) is 0 Å². The molecule has 0 radical (unpaired) electrons. The van der Waals surface area contributed by atoms with Crippen LogP contribution in [0.3, 0.4) is 0 Å². The monoisotopic (exact) mass is 320 g/mol. The van der Waals surface area contributed by atoms with E-state index >= 15 is 0 Å². The number of aromatic nitrogens is 4. The predicted molar refractivity (Wildman–Crippen MR) is 83.0 cm³/mol. The van der Waals surface area contributed by atoms with Gasteiger partial charge in [-0.1, -0.05) is 18.1 Å². The minimum atomic E-state index is -0.231. The molecule has 124 valence electrons. The lowest BCUT2D eigenvalue weighted by atomic mass is 10.0. The van der Waals surface area contributed by atoms with Crippen LogP contribution in [0.5, 0.6) is 11.5 Å². The minimum absolute atomic E-state index is 0.0391. The van der Waals surface area contributed by atoms with E-state index in [4.69, 9.17) is 15.2 Å². The molecular weight excluding hydrogens is 300 g/mol. The molecule has 0 saturated carbocycles. The summed E-state index contributed by atoms with van der Waals surface area (Å²) in [6.45, 7) is 1.94. The lowest BCUT2D eigenvalue weighted by molar-refractivity contribution is -0.122. The van der Waals surface area contributed by atoms with Crippen molar-refractivity contribution in [1.82, 2.24) is 25.5 Å². The number of methoxy groups -OCH3 is 2. The van der Waals surface area contributed by atoms with Gasteiger partial charge in [-0.3, -0.25) is 4.79 Å². The summed E-state index contributed by atoms with van der Waals surface area (Å²) in [7, 11) is 3.15. The summed E-state index contributed by atoms with van der Waals surface area (Å²) in [5.74, 6) is 1.12. The summed E-state index contributed by atoms with van der Waals surface area (Å²) in [6.07, 6.45) is 0.715. The number of carbonyl (C=O) groups excluding carboxylic acids is 1. The molecule has 0 fully saturated rings. The van der Waals surface area contributed by atoms with Gasteiger partial charge in [0.05, 0.1) is 20.3 Å². The minimum Gasteiger partial charge on any atom is -0.493 e. The van der Waals surface area contributed by atoms with Gasteiger partial charge in [-0.05, 0) is 34.5 Å². The van der Waals surface area contributed by atoms with Crippen molar-refractivity contribution in [3.63, 3.8) is 0 Å². The molecule has 2 rings (SSSR count). The van der Waals surface area contributed by atoms with E-state index in [0.29, 0.717) is 17.9 Å². The van der Waals surface area contributed by atoms with E-state index in [1.165, 1.54) is 4.68 Å². The number of tetrazole rings is 1. The van der Waals surface area contributed by atoms with Gasteiger partial charge >= 0.3 is 0 Å². The van der Waals surface area contributed by atoms with Gasteiger partial charge in [-0.15, -0.1) is 0 Å². The summed E-state index contributed by atoms with van der Waals surface area (Å²) in [5.41, 5.74) is 6.47. The Labute approximate surface area is 133 Å². The molecule has 0 bridgehead atoms. The van der Waals surface area contributed by atoms with Crippen LogP contribution >= 0.6 is 0 Å². The van der Waals surface area contributed by atoms with Crippen LogP contribution in [-0.4, -0.2) is 40.3 Å². The highest BCUT2D eigenvalue weighted by Crippen LogP contribution is 2.30. The Morgan fingerprint density at radius 3 is 2.65 bits per heavy atom. The summed E-state index contributed by atoms with van der Waals surface area (Å²) >= 11 is 0. The second-order valence-corrected chi connectivity index (χ2v) is 4.84. The number of hydrogen-bond acceptors (Lipinski definition) is 7. The van der Waals surface area contributed by atoms with Crippen molar-refractivity contribution in [1.29, 1.82) is 0 Å². The van der Waals surface area contributed by atoms with Crippen molar-refractivity contribution in [3.8, 4) is 11.5 Å². The number of carbonyl (C=O) groups is 1. The molecule has 3 N–H and O–H groups in total. The molecule has 1 atom stereocenters. The third-order valence-corrected chi connectivity index (χ3v) is 3.41. The lowest BCUT2D eigenvalue weighted by Crippen LogP contribution is -2.32. The number of nitrogen functional groups attached to an aromatic ring is 1. The summed E-state index contributed by atoms with van der Waals surface area (Å²) in [4.78, 5) is 12.1. The van der Waals surface area contributed by atoms with E-state index in [1.807, 2.05) is 25.1 Å². The molecule has 0 aliphatic heterocycles. The van der Waals surface area contributed by atoms with Crippen LogP contribution in [0, 0.1) is 0 Å². The molecule has 1 amide bonds. The molecule has 1 aromatic heterocycles. The second kappa shape index (κ2) is 7.43. The van der Waals surface area contributed by atoms with E-state index in [-0.39, 0.29) is 24.4 Å². The van der Waals surface area contributed by atoms with Crippen molar-refractivity contribution in [3.05, 3.63) is 23.8 Å². The first kappa shape index (κ1) is 16.5. The fraction of sp³-hybridized carbons (Fsp3) is 0.429. The maximum Gasteiger partial charge on any atom is 0.242 e. The molecule has 0 aliphatic rings. The van der Waals surface area contributed by atoms with Gasteiger partial charge in [0.2, 0.25) is 11.9 Å². The smallest absolute Gasteiger partial charge is 0.242 e. The largest absolute Gasteiger partial charge is 0.493 e. The number of amides is 1. The third kappa shape index (κ3) is 3.87. The molecule has 2 aromatic rings. The Morgan fingerprint density at radius 1 is 1.35 bits per heavy atom. The van der Waals surface area contributed by atoms with Crippen LogP contribution in [0.15, 0.2) is 18.2 Å². The first-order valence-corrected chi connectivity index (χ1v) is 7.12. The number of benzene rings is 1. The van der Waals surface area contributed by atoms with Gasteiger partial charge in [0, 0.05) is 0 Å². The molecular formula is C14H20N6O3. The third-order valence-electron chi connectivity index (χ3n) is 3.41. The number of hydrogen-bond donors (Lipinski definition) is 2. The second-order valence-electron chi connectivity index (χ2n) is 4.84. The molecule has 9 heteroatoms. The average Bonchev–Trinajstić information content (AvgIpc) is 2.96. The highest BCUT2D eigenvalue weighted by atomic mass is 16.5. The zero-order chi connectivity index (χ0) is 16.8. The SMILES string of the molecule is CCC(NC(=O)Cn1nnnc1N)c1ccc(OC)c(OC)c1. The number of nitrogens with zero attached hydrogens (tertiary/aromatic N) is 4. The standard InChI is InChI=1S/C14H20N6O3/c1-4-10(9-5-6-11(22-2)12(7-9)23-3)16-13(21)8-20-14(15)17-18-19-20/h5-7,10H,4,8H2,1-3H3,(H,16,21)(H2,15,17,19). The maximum atomic E-state index is 12.1. The fourth-order valence-electron chi connectivity index (χ4n) is 2.19. The first-order chi connectivity index (χ1) is 11.1. The van der Waals surface area contributed by atoms with Gasteiger partial charge in [0.1, 0.15) is 6.54 Å². The molecule has 0 spiro atoms. The normalized spacial score (nSPS) is 11.8. The maximum absolute atomic E-state index is 12.1. The van der Waals surface area contributed by atoms with E-state index in [9.17, 15) is 4.79 Å². The van der Waals surface area contributed by atoms with Crippen molar-refractivity contribution < 1.29 is 14.3 Å². The van der Waals surface area contributed by atoms with Gasteiger partial charge < -0.3 is 20.5 Å². The Bertz CT molecular complexity index is 672. The number of anilines is 1. The van der Waals surface area contributed by atoms with Gasteiger partial charge in [0.15, 0.2) is 11.5 Å². The molecule has 1 heterocycles. The summed E-state index contributed by atoms with van der Waals surface area (Å²) in [6, 6.07) is 5.38. The van der Waals surface area contributed by atoms with Crippen LogP contribution in [0.1, 0.15) is 24.9 Å². The number of ether oxygens (including phenoxy) is 2. The van der Waals surface area contributed by atoms with Crippen LogP contribution in [0.2, 0.25) is 0 Å². The van der Waals surface area contributed by atoms with Crippen LogP contribution in [0.4, 0.5) is 5.95 Å². The molecule has 1 unspecified atom stereocenters. The van der Waals surface area contributed by atoms with Gasteiger partial charge in [-0.25, -0.2) is 4.68 Å². The van der Waals surface area contributed by atoms with Crippen molar-refractivity contribution >= 4 is 11.9 Å². The zero-order valence-electron chi connectivity index (χ0n) is 13.3. The Morgan fingerprint density at radius 2 is 2.09 bits per heavy atom. The zero-order valence-corrected chi connectivity index (χ0v) is 13.3. The highest BCUT2D eigenvalue weighted by Gasteiger charge is 2.16. The van der Waals surface area contributed by atoms with Crippen molar-refractivity contribution in [2.24, 2.45) is 0 Å². The number of nitrogens with two attached hydrogens (primary N) is 1. The van der Waals surface area contributed by atoms with E-state index in [2.05, 4.69) is 20.8 Å². The van der Waals surface area contributed by atoms with Crippen LogP contribution < -0.4 is 20.5 Å². The Kier molecular flexibility index (Phi) is 5.34. The fourth-order valence-corrected chi connectivity index (χ4v) is 2.19. The molecule has 23 heavy (non-hydrogen) atoms. The highest BCUT2D eigenvalue weighted by molar-refractivity contribution is 5.76. The summed E-state index contributed by atoms with van der Waals surface area (Å²) in [5, 5.41) is 13.5. The Hall–Kier alpha value is -2.84. The topological polar surface area (TPSA) is 117 Å². The van der Waals surface area contributed by atoms with Crippen LogP contribution in [-0.2, 0) is 11.3 Å². The van der Waals surface area contributed by atoms with Crippen molar-refractivity contribution in [2.75, 3.05) is 20.0 Å². The predicted octanol–water partition coefficient (Wildman–Crippen LogP) is 0.540. The molecule has 1 aromatic carbocycles. The molecule has 0 saturated heterocycles. The average molecular weight is 320 g/mol. The first-order valence-electron chi connectivity index (χ1n) is 7.12. The number of rotatable bonds is 7. The lowest BCUT2D eigenvalue weighted by Gasteiger charge is -2.19. The van der Waals surface area contributed by atoms with E-state index in [1.54, 1.807) is 14.2 Å². The van der Waals surface area contributed by atoms with Crippen LogP contribution in [0.25, 0.3) is 0 Å². The number of nitrogens with one attached hydrogen (secondary N) is 1. The van der Waals surface area contributed by atoms with E-state index < -0.39 is 0 Å². The molecule has 0 aliphatic carbocycles. The summed E-state index contributed by atoms with van der Waals surface area (Å²) < 4.78 is 11.7. The van der Waals surface area contributed by atoms with Crippen molar-refractivity contribution in [2.45, 2.75) is 25.9 Å². The quantitative estimate of drug-likeness (QED) is 0.764. The van der Waals surface area contributed by atoms with Gasteiger partial charge in [-0.2, -0.15) is 0 Å². The molecule has 9 nitrogen and oxygen atoms in total.